The lowest BCUT2D eigenvalue weighted by Crippen LogP contribution is -2.12. The zero-order valence-corrected chi connectivity index (χ0v) is 9.48. The Kier molecular flexibility index (Phi) is 3.71. The zero-order valence-electron chi connectivity index (χ0n) is 9.48. The highest BCUT2D eigenvalue weighted by Crippen LogP contribution is 1.99. The molecule has 2 rings (SSSR count). The number of imidazole rings is 1. The predicted molar refractivity (Wildman–Crippen MR) is 61.6 cm³/mol. The second kappa shape index (κ2) is 5.46. The molecule has 0 saturated heterocycles. The van der Waals surface area contributed by atoms with Gasteiger partial charge in [0.05, 0.1) is 12.5 Å². The monoisotopic (exact) mass is 219 g/mol. The van der Waals surface area contributed by atoms with Crippen LogP contribution in [0.25, 0.3) is 0 Å². The molecule has 0 bridgehead atoms. The Balaban J connectivity index is 1.76. The first kappa shape index (κ1) is 10.9. The van der Waals surface area contributed by atoms with Gasteiger partial charge in [0.25, 0.3) is 0 Å². The fourth-order valence-corrected chi connectivity index (χ4v) is 1.57. The van der Waals surface area contributed by atoms with Crippen molar-refractivity contribution in [3.63, 3.8) is 0 Å². The van der Waals surface area contributed by atoms with Crippen LogP contribution in [0.2, 0.25) is 0 Å². The maximum absolute atomic E-state index is 4.28. The minimum absolute atomic E-state index is 0.805. The average molecular weight is 219 g/mol. The fraction of sp³-hybridized carbons (Fsp3) is 0.455. The van der Waals surface area contributed by atoms with Crippen LogP contribution in [0.1, 0.15) is 24.6 Å². The van der Waals surface area contributed by atoms with Crippen molar-refractivity contribution in [1.29, 1.82) is 0 Å². The van der Waals surface area contributed by atoms with Gasteiger partial charge in [-0.15, -0.1) is 0 Å². The zero-order chi connectivity index (χ0) is 11.2. The van der Waals surface area contributed by atoms with Crippen molar-refractivity contribution in [1.82, 2.24) is 25.1 Å². The third kappa shape index (κ3) is 2.93. The highest BCUT2D eigenvalue weighted by molar-refractivity contribution is 5.04. The third-order valence-corrected chi connectivity index (χ3v) is 2.34. The van der Waals surface area contributed by atoms with Crippen LogP contribution in [0.3, 0.4) is 0 Å². The molecule has 16 heavy (non-hydrogen) atoms. The molecule has 0 spiro atoms. The van der Waals surface area contributed by atoms with Gasteiger partial charge in [-0.2, -0.15) is 5.10 Å². The minimum Gasteiger partial charge on any atom is -0.347 e. The summed E-state index contributed by atoms with van der Waals surface area (Å²) in [6.45, 7) is 4.78. The number of rotatable bonds is 6. The van der Waals surface area contributed by atoms with E-state index >= 15 is 0 Å². The van der Waals surface area contributed by atoms with Crippen LogP contribution < -0.4 is 5.32 Å². The molecule has 0 aliphatic carbocycles. The topological polar surface area (TPSA) is 58.5 Å². The van der Waals surface area contributed by atoms with Crippen LogP contribution >= 0.6 is 0 Å². The predicted octanol–water partition coefficient (Wildman–Crippen LogP) is 1.31. The number of nitrogens with one attached hydrogen (secondary N) is 2. The van der Waals surface area contributed by atoms with E-state index < -0.39 is 0 Å². The van der Waals surface area contributed by atoms with Gasteiger partial charge >= 0.3 is 0 Å². The summed E-state index contributed by atoms with van der Waals surface area (Å²) in [5.74, 6) is 0. The molecule has 0 unspecified atom stereocenters. The summed E-state index contributed by atoms with van der Waals surface area (Å²) in [6, 6.07) is 0. The number of H-pyrrole nitrogens is 1. The van der Waals surface area contributed by atoms with E-state index in [0.29, 0.717) is 0 Å². The molecule has 2 heterocycles. The number of hydrogen-bond acceptors (Lipinski definition) is 3. The Labute approximate surface area is 94.9 Å². The molecule has 86 valence electrons. The second-order valence-corrected chi connectivity index (χ2v) is 3.79. The number of aryl methyl sites for hydroxylation is 1. The van der Waals surface area contributed by atoms with Gasteiger partial charge in [-0.3, -0.25) is 4.68 Å². The highest BCUT2D eigenvalue weighted by atomic mass is 15.3. The molecule has 5 heteroatoms. The number of aromatic amines is 1. The Bertz CT molecular complexity index is 404. The minimum atomic E-state index is 0.805. The first-order chi connectivity index (χ1) is 7.88. The van der Waals surface area contributed by atoms with E-state index in [4.69, 9.17) is 0 Å². The van der Waals surface area contributed by atoms with E-state index in [-0.39, 0.29) is 0 Å². The van der Waals surface area contributed by atoms with Crippen molar-refractivity contribution < 1.29 is 0 Å². The SMILES string of the molecule is CCCn1cc(CNCc2cnc[nH]2)cn1. The summed E-state index contributed by atoms with van der Waals surface area (Å²) >= 11 is 0. The second-order valence-electron chi connectivity index (χ2n) is 3.79. The molecule has 0 aliphatic rings. The summed E-state index contributed by atoms with van der Waals surface area (Å²) < 4.78 is 1.98. The lowest BCUT2D eigenvalue weighted by Gasteiger charge is -2.00. The van der Waals surface area contributed by atoms with Crippen LogP contribution in [0.15, 0.2) is 24.9 Å². The largest absolute Gasteiger partial charge is 0.347 e. The van der Waals surface area contributed by atoms with Crippen molar-refractivity contribution in [2.75, 3.05) is 0 Å². The molecule has 2 N–H and O–H groups in total. The Hall–Kier alpha value is -1.62. The molecule has 0 amide bonds. The number of nitrogens with zero attached hydrogens (tertiary/aromatic N) is 3. The standard InChI is InChI=1S/C11H17N5/c1-2-3-16-8-10(5-15-16)4-12-6-11-7-13-9-14-11/h5,7-9,12H,2-4,6H2,1H3,(H,13,14). The maximum atomic E-state index is 4.28. The molecule has 2 aromatic heterocycles. The normalized spacial score (nSPS) is 10.8. The summed E-state index contributed by atoms with van der Waals surface area (Å²) in [6.07, 6.45) is 8.63. The quantitative estimate of drug-likeness (QED) is 0.770. The Morgan fingerprint density at radius 1 is 1.38 bits per heavy atom. The smallest absolute Gasteiger partial charge is 0.0922 e. The van der Waals surface area contributed by atoms with E-state index in [1.165, 1.54) is 5.56 Å². The van der Waals surface area contributed by atoms with E-state index in [1.54, 1.807) is 6.33 Å². The van der Waals surface area contributed by atoms with E-state index in [0.717, 1.165) is 31.7 Å². The summed E-state index contributed by atoms with van der Waals surface area (Å²) in [7, 11) is 0. The Morgan fingerprint density at radius 2 is 2.31 bits per heavy atom. The maximum Gasteiger partial charge on any atom is 0.0922 e. The van der Waals surface area contributed by atoms with E-state index in [9.17, 15) is 0 Å². The Morgan fingerprint density at radius 3 is 3.06 bits per heavy atom. The van der Waals surface area contributed by atoms with Gasteiger partial charge in [0.1, 0.15) is 0 Å². The van der Waals surface area contributed by atoms with Crippen LogP contribution in [-0.4, -0.2) is 19.7 Å². The van der Waals surface area contributed by atoms with Gasteiger partial charge in [-0.25, -0.2) is 4.98 Å². The summed E-state index contributed by atoms with van der Waals surface area (Å²) in [5.41, 5.74) is 2.31. The lowest BCUT2D eigenvalue weighted by molar-refractivity contribution is 0.601. The van der Waals surface area contributed by atoms with Crippen LogP contribution in [0.5, 0.6) is 0 Å². The van der Waals surface area contributed by atoms with Crippen molar-refractivity contribution in [3.05, 3.63) is 36.2 Å². The molecular weight excluding hydrogens is 202 g/mol. The van der Waals surface area contributed by atoms with Crippen LogP contribution in [-0.2, 0) is 19.6 Å². The molecule has 2 aromatic rings. The number of hydrogen-bond donors (Lipinski definition) is 2. The lowest BCUT2D eigenvalue weighted by atomic mass is 10.3. The van der Waals surface area contributed by atoms with Gasteiger partial charge in [0.15, 0.2) is 0 Å². The van der Waals surface area contributed by atoms with Gasteiger partial charge in [0.2, 0.25) is 0 Å². The van der Waals surface area contributed by atoms with Gasteiger partial charge in [0, 0.05) is 43.3 Å². The molecular formula is C11H17N5. The molecule has 0 fully saturated rings. The number of aromatic nitrogens is 4. The molecule has 0 atom stereocenters. The van der Waals surface area contributed by atoms with Crippen LogP contribution in [0.4, 0.5) is 0 Å². The van der Waals surface area contributed by atoms with E-state index in [2.05, 4.69) is 33.5 Å². The van der Waals surface area contributed by atoms with Crippen molar-refractivity contribution >= 4 is 0 Å². The molecule has 0 saturated carbocycles. The van der Waals surface area contributed by atoms with Crippen molar-refractivity contribution in [2.24, 2.45) is 0 Å². The summed E-state index contributed by atoms with van der Waals surface area (Å²) in [5, 5.41) is 7.61. The average Bonchev–Trinajstić information content (AvgIpc) is 2.90. The molecule has 0 radical (unpaired) electrons. The fourth-order valence-electron chi connectivity index (χ4n) is 1.57. The van der Waals surface area contributed by atoms with Crippen LogP contribution in [0, 0.1) is 0 Å². The molecule has 5 nitrogen and oxygen atoms in total. The molecule has 0 aliphatic heterocycles. The first-order valence-corrected chi connectivity index (χ1v) is 5.58. The van der Waals surface area contributed by atoms with Crippen molar-refractivity contribution in [2.45, 2.75) is 33.0 Å². The molecule has 0 aromatic carbocycles. The summed E-state index contributed by atoms with van der Waals surface area (Å²) in [4.78, 5) is 7.02. The first-order valence-electron chi connectivity index (χ1n) is 5.58. The van der Waals surface area contributed by atoms with Gasteiger partial charge < -0.3 is 10.3 Å². The van der Waals surface area contributed by atoms with Gasteiger partial charge in [-0.05, 0) is 6.42 Å². The van der Waals surface area contributed by atoms with Crippen molar-refractivity contribution in [3.8, 4) is 0 Å². The highest BCUT2D eigenvalue weighted by Gasteiger charge is 1.98. The third-order valence-electron chi connectivity index (χ3n) is 2.34. The van der Waals surface area contributed by atoms with E-state index in [1.807, 2.05) is 17.1 Å². The van der Waals surface area contributed by atoms with Gasteiger partial charge in [-0.1, -0.05) is 6.92 Å².